The van der Waals surface area contributed by atoms with Crippen LogP contribution in [0.4, 0.5) is 11.4 Å². The molecule has 1 aromatic heterocycles. The topological polar surface area (TPSA) is 54.5 Å². The van der Waals surface area contributed by atoms with Crippen LogP contribution in [0.5, 0.6) is 0 Å². The molecule has 7 heteroatoms. The van der Waals surface area contributed by atoms with E-state index in [1.165, 1.54) is 17.0 Å². The summed E-state index contributed by atoms with van der Waals surface area (Å²) in [7, 11) is 0. The van der Waals surface area contributed by atoms with Crippen LogP contribution in [0, 0.1) is 5.92 Å². The number of thiazole rings is 1. The van der Waals surface area contributed by atoms with Crippen molar-refractivity contribution in [1.82, 2.24) is 4.98 Å². The third kappa shape index (κ3) is 4.86. The van der Waals surface area contributed by atoms with Gasteiger partial charge in [0.2, 0.25) is 0 Å². The maximum absolute atomic E-state index is 11.8. The molecule has 1 aromatic carbocycles. The van der Waals surface area contributed by atoms with Crippen LogP contribution in [-0.2, 0) is 16.1 Å². The van der Waals surface area contributed by atoms with Crippen LogP contribution < -0.4 is 10.2 Å². The molecule has 2 heterocycles. The average Bonchev–Trinajstić information content (AvgIpc) is 3.06. The van der Waals surface area contributed by atoms with Gasteiger partial charge in [-0.15, -0.1) is 11.3 Å². The van der Waals surface area contributed by atoms with E-state index in [9.17, 15) is 4.79 Å². The number of hydrogen-bond donors (Lipinski definition) is 1. The summed E-state index contributed by atoms with van der Waals surface area (Å²) in [5.74, 6) is -0.00626. The number of piperidine rings is 1. The zero-order valence-electron chi connectivity index (χ0n) is 14.2. The summed E-state index contributed by atoms with van der Waals surface area (Å²) < 4.78 is 5.69. The number of nitrogens with one attached hydrogen (secondary N) is 1. The van der Waals surface area contributed by atoms with E-state index in [1.807, 2.05) is 6.92 Å². The van der Waals surface area contributed by atoms with Crippen molar-refractivity contribution in [2.75, 3.05) is 29.9 Å². The lowest BCUT2D eigenvalue weighted by atomic mass is 9.96. The summed E-state index contributed by atoms with van der Waals surface area (Å²) in [5.41, 5.74) is 2.25. The van der Waals surface area contributed by atoms with Gasteiger partial charge in [-0.25, -0.2) is 4.98 Å². The summed E-state index contributed by atoms with van der Waals surface area (Å²) >= 11 is 7.33. The van der Waals surface area contributed by atoms with Gasteiger partial charge < -0.3 is 15.0 Å². The molecule has 1 fully saturated rings. The molecule has 1 saturated heterocycles. The predicted octanol–water partition coefficient (Wildman–Crippen LogP) is 4.19. The summed E-state index contributed by atoms with van der Waals surface area (Å²) in [5, 5.41) is 3.37. The van der Waals surface area contributed by atoms with E-state index in [0.29, 0.717) is 17.6 Å². The van der Waals surface area contributed by atoms with Gasteiger partial charge in [-0.2, -0.15) is 0 Å². The van der Waals surface area contributed by atoms with Crippen LogP contribution in [0.15, 0.2) is 30.5 Å². The average molecular weight is 380 g/mol. The van der Waals surface area contributed by atoms with E-state index in [1.54, 1.807) is 6.20 Å². The van der Waals surface area contributed by atoms with Crippen molar-refractivity contribution in [3.05, 3.63) is 39.8 Å². The van der Waals surface area contributed by atoms with Gasteiger partial charge in [0.25, 0.3) is 0 Å². The standard InChI is InChI=1S/C18H22ClN3O2S/c1-2-24-17(23)13-7-9-22(10-8-13)15-5-3-14(4-6-15)20-11-16-12-21-18(19)25-16/h3-6,12-13,20H,2,7-11H2,1H3. The molecule has 0 amide bonds. The third-order valence-electron chi connectivity index (χ3n) is 4.34. The number of rotatable bonds is 6. The quantitative estimate of drug-likeness (QED) is 0.763. The Hall–Kier alpha value is -1.79. The number of aromatic nitrogens is 1. The highest BCUT2D eigenvalue weighted by molar-refractivity contribution is 7.15. The second-order valence-corrected chi connectivity index (χ2v) is 7.69. The molecule has 25 heavy (non-hydrogen) atoms. The molecule has 134 valence electrons. The molecule has 1 N–H and O–H groups in total. The predicted molar refractivity (Wildman–Crippen MR) is 102 cm³/mol. The van der Waals surface area contributed by atoms with Crippen molar-refractivity contribution in [2.45, 2.75) is 26.3 Å². The van der Waals surface area contributed by atoms with Crippen LogP contribution in [0.2, 0.25) is 4.47 Å². The Morgan fingerprint density at radius 1 is 1.36 bits per heavy atom. The van der Waals surface area contributed by atoms with Gasteiger partial charge in [-0.05, 0) is 44.0 Å². The van der Waals surface area contributed by atoms with E-state index >= 15 is 0 Å². The molecule has 0 saturated carbocycles. The first-order valence-corrected chi connectivity index (χ1v) is 9.71. The Bertz CT molecular complexity index is 697. The molecule has 0 atom stereocenters. The molecule has 1 aliphatic heterocycles. The number of nitrogens with zero attached hydrogens (tertiary/aromatic N) is 2. The van der Waals surface area contributed by atoms with E-state index in [4.69, 9.17) is 16.3 Å². The fourth-order valence-corrected chi connectivity index (χ4v) is 3.90. The maximum atomic E-state index is 11.8. The van der Waals surface area contributed by atoms with E-state index in [2.05, 4.69) is 39.5 Å². The Labute approximate surface area is 157 Å². The third-order valence-corrected chi connectivity index (χ3v) is 5.45. The lowest BCUT2D eigenvalue weighted by Gasteiger charge is -2.32. The highest BCUT2D eigenvalue weighted by atomic mass is 35.5. The van der Waals surface area contributed by atoms with Crippen molar-refractivity contribution in [3.8, 4) is 0 Å². The number of carbonyl (C=O) groups is 1. The van der Waals surface area contributed by atoms with Crippen LogP contribution >= 0.6 is 22.9 Å². The first-order chi connectivity index (χ1) is 12.2. The first-order valence-electron chi connectivity index (χ1n) is 8.51. The number of carbonyl (C=O) groups excluding carboxylic acids is 1. The number of halogens is 1. The fraction of sp³-hybridized carbons (Fsp3) is 0.444. The molecular formula is C18H22ClN3O2S. The second kappa shape index (κ2) is 8.54. The number of anilines is 2. The molecule has 1 aliphatic rings. The smallest absolute Gasteiger partial charge is 0.309 e. The minimum absolute atomic E-state index is 0.0448. The Balaban J connectivity index is 1.50. The maximum Gasteiger partial charge on any atom is 0.309 e. The van der Waals surface area contributed by atoms with Gasteiger partial charge in [0.05, 0.1) is 19.1 Å². The summed E-state index contributed by atoms with van der Waals surface area (Å²) in [4.78, 5) is 19.3. The fourth-order valence-electron chi connectivity index (χ4n) is 2.98. The molecule has 0 aliphatic carbocycles. The Kier molecular flexibility index (Phi) is 6.15. The monoisotopic (exact) mass is 379 g/mol. The van der Waals surface area contributed by atoms with Crippen LogP contribution in [0.25, 0.3) is 0 Å². The van der Waals surface area contributed by atoms with Crippen LogP contribution in [0.1, 0.15) is 24.6 Å². The van der Waals surface area contributed by atoms with Gasteiger partial charge in [-0.1, -0.05) is 11.6 Å². The van der Waals surface area contributed by atoms with E-state index in [-0.39, 0.29) is 11.9 Å². The van der Waals surface area contributed by atoms with Gasteiger partial charge >= 0.3 is 5.97 Å². The highest BCUT2D eigenvalue weighted by Gasteiger charge is 2.25. The van der Waals surface area contributed by atoms with Crippen molar-refractivity contribution in [3.63, 3.8) is 0 Å². The van der Waals surface area contributed by atoms with E-state index < -0.39 is 0 Å². The number of benzene rings is 1. The lowest BCUT2D eigenvalue weighted by molar-refractivity contribution is -0.148. The summed E-state index contributed by atoms with van der Waals surface area (Å²) in [6.45, 7) is 4.80. The summed E-state index contributed by atoms with van der Waals surface area (Å²) in [6, 6.07) is 8.39. The Morgan fingerprint density at radius 3 is 2.68 bits per heavy atom. The SMILES string of the molecule is CCOC(=O)C1CCN(c2ccc(NCc3cnc(Cl)s3)cc2)CC1. The van der Waals surface area contributed by atoms with Gasteiger partial charge in [0.1, 0.15) is 0 Å². The molecular weight excluding hydrogens is 358 g/mol. The second-order valence-electron chi connectivity index (χ2n) is 5.99. The first kappa shape index (κ1) is 18.0. The summed E-state index contributed by atoms with van der Waals surface area (Å²) in [6.07, 6.45) is 3.50. The van der Waals surface area contributed by atoms with Gasteiger partial charge in [0, 0.05) is 35.5 Å². The van der Waals surface area contributed by atoms with E-state index in [0.717, 1.165) is 36.5 Å². The lowest BCUT2D eigenvalue weighted by Crippen LogP contribution is -2.36. The zero-order chi connectivity index (χ0) is 17.6. The minimum Gasteiger partial charge on any atom is -0.466 e. The normalized spacial score (nSPS) is 15.2. The van der Waals surface area contributed by atoms with Crippen molar-refractivity contribution >= 4 is 40.3 Å². The molecule has 0 spiro atoms. The molecule has 0 unspecified atom stereocenters. The van der Waals surface area contributed by atoms with Gasteiger partial charge in [0.15, 0.2) is 4.47 Å². The Morgan fingerprint density at radius 2 is 2.08 bits per heavy atom. The number of ether oxygens (including phenoxy) is 1. The van der Waals surface area contributed by atoms with Crippen molar-refractivity contribution in [2.24, 2.45) is 5.92 Å². The molecule has 0 radical (unpaired) electrons. The molecule has 5 nitrogen and oxygen atoms in total. The van der Waals surface area contributed by atoms with Crippen molar-refractivity contribution in [1.29, 1.82) is 0 Å². The van der Waals surface area contributed by atoms with Crippen molar-refractivity contribution < 1.29 is 9.53 Å². The minimum atomic E-state index is -0.0510. The largest absolute Gasteiger partial charge is 0.466 e. The molecule has 0 bridgehead atoms. The van der Waals surface area contributed by atoms with Crippen LogP contribution in [0.3, 0.4) is 0 Å². The highest BCUT2D eigenvalue weighted by Crippen LogP contribution is 2.26. The molecule has 3 rings (SSSR count). The van der Waals surface area contributed by atoms with Gasteiger partial charge in [-0.3, -0.25) is 4.79 Å². The van der Waals surface area contributed by atoms with Crippen LogP contribution in [-0.4, -0.2) is 30.6 Å². The number of esters is 1. The number of hydrogen-bond acceptors (Lipinski definition) is 6. The zero-order valence-corrected chi connectivity index (χ0v) is 15.8. The molecule has 2 aromatic rings.